The minimum absolute atomic E-state index is 0.175. The molecule has 1 rings (SSSR count). The van der Waals surface area contributed by atoms with Gasteiger partial charge in [-0.1, -0.05) is 51.4 Å². The molecule has 1 fully saturated rings. The summed E-state index contributed by atoms with van der Waals surface area (Å²) in [6.45, 7) is 0.758. The van der Waals surface area contributed by atoms with Gasteiger partial charge >= 0.3 is 5.97 Å². The first-order valence-electron chi connectivity index (χ1n) is 9.77. The highest BCUT2D eigenvalue weighted by Crippen LogP contribution is 2.30. The number of ether oxygens (including phenoxy) is 1. The molecular weight excluding hydrogens is 308 g/mol. The minimum Gasteiger partial charge on any atom is -0.481 e. The maximum absolute atomic E-state index is 10.5. The molecule has 5 heteroatoms. The van der Waals surface area contributed by atoms with Gasteiger partial charge in [-0.15, -0.1) is 0 Å². The van der Waals surface area contributed by atoms with Crippen LogP contribution < -0.4 is 0 Å². The van der Waals surface area contributed by atoms with Crippen molar-refractivity contribution in [3.63, 3.8) is 0 Å². The van der Waals surface area contributed by atoms with Crippen LogP contribution in [0.5, 0.6) is 0 Å². The van der Waals surface area contributed by atoms with E-state index in [1.54, 1.807) is 0 Å². The van der Waals surface area contributed by atoms with Gasteiger partial charge in [0.1, 0.15) is 0 Å². The molecular formula is C19H36O5. The lowest BCUT2D eigenvalue weighted by Crippen LogP contribution is -2.24. The van der Waals surface area contributed by atoms with Crippen molar-refractivity contribution in [3.8, 4) is 0 Å². The highest BCUT2D eigenvalue weighted by Gasteiger charge is 2.34. The van der Waals surface area contributed by atoms with Crippen LogP contribution in [-0.2, 0) is 9.53 Å². The number of aliphatic hydroxyl groups excluding tert-OH is 2. The second-order valence-electron chi connectivity index (χ2n) is 7.08. The Morgan fingerprint density at radius 3 is 2.12 bits per heavy atom. The zero-order valence-corrected chi connectivity index (χ0v) is 15.0. The standard InChI is InChI=1S/C19H36O5/c20-14-10-6-2-1-3-7-11-16-17(21)15-24-18(16)12-8-4-5-9-13-19(22)23/h16-18,20-21H,1-15H2,(H,22,23)/t16-,17-,18-/m0/s1. The van der Waals surface area contributed by atoms with Crippen LogP contribution in [0.25, 0.3) is 0 Å². The van der Waals surface area contributed by atoms with Gasteiger partial charge in [0.2, 0.25) is 0 Å². The number of carboxylic acid groups (broad SMARTS) is 1. The Bertz CT molecular complexity index is 321. The largest absolute Gasteiger partial charge is 0.481 e. The maximum atomic E-state index is 10.5. The fourth-order valence-corrected chi connectivity index (χ4v) is 3.57. The third kappa shape index (κ3) is 9.60. The fraction of sp³-hybridized carbons (Fsp3) is 0.947. The van der Waals surface area contributed by atoms with Crippen LogP contribution in [0.1, 0.15) is 83.5 Å². The highest BCUT2D eigenvalue weighted by atomic mass is 16.5. The van der Waals surface area contributed by atoms with Crippen LogP contribution in [0.2, 0.25) is 0 Å². The number of hydrogen-bond acceptors (Lipinski definition) is 4. The normalized spacial score (nSPS) is 23.7. The van der Waals surface area contributed by atoms with E-state index in [1.807, 2.05) is 0 Å². The lowest BCUT2D eigenvalue weighted by atomic mass is 9.89. The van der Waals surface area contributed by atoms with Crippen molar-refractivity contribution in [1.82, 2.24) is 0 Å². The van der Waals surface area contributed by atoms with Gasteiger partial charge in [-0.25, -0.2) is 0 Å². The SMILES string of the molecule is O=C(O)CCCCCC[C@@H]1OC[C@H](O)[C@@H]1CCCCCCCCO. The molecule has 0 aromatic rings. The van der Waals surface area contributed by atoms with Crippen molar-refractivity contribution in [2.75, 3.05) is 13.2 Å². The molecule has 142 valence electrons. The summed E-state index contributed by atoms with van der Waals surface area (Å²) in [6, 6.07) is 0. The molecule has 0 aliphatic carbocycles. The van der Waals surface area contributed by atoms with Gasteiger partial charge in [-0.3, -0.25) is 4.79 Å². The van der Waals surface area contributed by atoms with Crippen LogP contribution in [0.4, 0.5) is 0 Å². The summed E-state index contributed by atoms with van der Waals surface area (Å²) in [7, 11) is 0. The first-order chi connectivity index (χ1) is 11.6. The second kappa shape index (κ2) is 13.6. The van der Waals surface area contributed by atoms with E-state index in [0.717, 1.165) is 57.8 Å². The third-order valence-electron chi connectivity index (χ3n) is 5.03. The summed E-state index contributed by atoms with van der Waals surface area (Å²) in [4.78, 5) is 10.5. The Kier molecular flexibility index (Phi) is 12.1. The molecule has 0 radical (unpaired) electrons. The molecule has 0 spiro atoms. The van der Waals surface area contributed by atoms with Crippen molar-refractivity contribution in [1.29, 1.82) is 0 Å². The van der Waals surface area contributed by atoms with E-state index >= 15 is 0 Å². The van der Waals surface area contributed by atoms with Gasteiger partial charge in [0.25, 0.3) is 0 Å². The summed E-state index contributed by atoms with van der Waals surface area (Å²) in [6.07, 6.45) is 12.7. The van der Waals surface area contributed by atoms with E-state index < -0.39 is 5.97 Å². The van der Waals surface area contributed by atoms with E-state index in [-0.39, 0.29) is 24.5 Å². The monoisotopic (exact) mass is 344 g/mol. The number of unbranched alkanes of at least 4 members (excludes halogenated alkanes) is 8. The zero-order valence-electron chi connectivity index (χ0n) is 15.0. The Morgan fingerprint density at radius 2 is 1.46 bits per heavy atom. The van der Waals surface area contributed by atoms with Crippen molar-refractivity contribution in [2.24, 2.45) is 5.92 Å². The van der Waals surface area contributed by atoms with Crippen molar-refractivity contribution >= 4 is 5.97 Å². The summed E-state index contributed by atoms with van der Waals surface area (Å²) in [5.74, 6) is -0.449. The number of aliphatic carboxylic acids is 1. The highest BCUT2D eigenvalue weighted by molar-refractivity contribution is 5.66. The first kappa shape index (κ1) is 21.4. The predicted molar refractivity (Wildman–Crippen MR) is 94.0 cm³/mol. The van der Waals surface area contributed by atoms with Crippen LogP contribution in [0.15, 0.2) is 0 Å². The molecule has 0 aromatic heterocycles. The molecule has 3 N–H and O–H groups in total. The van der Waals surface area contributed by atoms with Crippen molar-refractivity contribution < 1.29 is 24.9 Å². The van der Waals surface area contributed by atoms with E-state index in [9.17, 15) is 9.90 Å². The Morgan fingerprint density at radius 1 is 0.875 bits per heavy atom. The van der Waals surface area contributed by atoms with E-state index in [4.69, 9.17) is 14.9 Å². The van der Waals surface area contributed by atoms with E-state index in [2.05, 4.69) is 0 Å². The molecule has 3 atom stereocenters. The molecule has 5 nitrogen and oxygen atoms in total. The minimum atomic E-state index is -0.714. The topological polar surface area (TPSA) is 87.0 Å². The van der Waals surface area contributed by atoms with Gasteiger partial charge < -0.3 is 20.1 Å². The lowest BCUT2D eigenvalue weighted by molar-refractivity contribution is -0.137. The number of carbonyl (C=O) groups is 1. The number of hydrogen-bond donors (Lipinski definition) is 3. The fourth-order valence-electron chi connectivity index (χ4n) is 3.57. The van der Waals surface area contributed by atoms with E-state index in [1.165, 1.54) is 19.3 Å². The first-order valence-corrected chi connectivity index (χ1v) is 9.77. The lowest BCUT2D eigenvalue weighted by Gasteiger charge is -2.20. The molecule has 0 aromatic carbocycles. The van der Waals surface area contributed by atoms with Gasteiger partial charge in [-0.2, -0.15) is 0 Å². The van der Waals surface area contributed by atoms with Gasteiger partial charge in [0.05, 0.1) is 18.8 Å². The number of carboxylic acids is 1. The van der Waals surface area contributed by atoms with Gasteiger partial charge in [-0.05, 0) is 25.7 Å². The third-order valence-corrected chi connectivity index (χ3v) is 5.03. The molecule has 1 heterocycles. The van der Waals surface area contributed by atoms with Crippen molar-refractivity contribution in [3.05, 3.63) is 0 Å². The predicted octanol–water partition coefficient (Wildman–Crippen LogP) is 3.51. The molecule has 24 heavy (non-hydrogen) atoms. The molecule has 1 aliphatic heterocycles. The quantitative estimate of drug-likeness (QED) is 0.396. The average Bonchev–Trinajstić information content (AvgIpc) is 2.90. The average molecular weight is 344 g/mol. The Hall–Kier alpha value is -0.650. The molecule has 0 unspecified atom stereocenters. The maximum Gasteiger partial charge on any atom is 0.303 e. The summed E-state index contributed by atoms with van der Waals surface area (Å²) >= 11 is 0. The smallest absolute Gasteiger partial charge is 0.303 e. The van der Waals surface area contributed by atoms with Crippen LogP contribution in [0, 0.1) is 5.92 Å². The van der Waals surface area contributed by atoms with E-state index in [0.29, 0.717) is 13.2 Å². The molecule has 1 aliphatic rings. The molecule has 0 amide bonds. The van der Waals surface area contributed by atoms with Gasteiger partial charge in [0, 0.05) is 18.9 Å². The molecule has 1 saturated heterocycles. The Labute approximate surface area is 146 Å². The van der Waals surface area contributed by atoms with Crippen molar-refractivity contribution in [2.45, 2.75) is 95.7 Å². The summed E-state index contributed by atoms with van der Waals surface area (Å²) in [5, 5.41) is 27.5. The van der Waals surface area contributed by atoms with Crippen LogP contribution in [-0.4, -0.2) is 46.7 Å². The molecule has 0 bridgehead atoms. The summed E-state index contributed by atoms with van der Waals surface area (Å²) < 4.78 is 5.76. The van der Waals surface area contributed by atoms with Gasteiger partial charge in [0.15, 0.2) is 0 Å². The second-order valence-corrected chi connectivity index (χ2v) is 7.08. The Balaban J connectivity index is 2.07. The van der Waals surface area contributed by atoms with Crippen LogP contribution in [0.3, 0.4) is 0 Å². The number of aliphatic hydroxyl groups is 2. The number of rotatable bonds is 15. The van der Waals surface area contributed by atoms with Crippen LogP contribution >= 0.6 is 0 Å². The zero-order chi connectivity index (χ0) is 17.6. The molecule has 0 saturated carbocycles. The summed E-state index contributed by atoms with van der Waals surface area (Å²) in [5.41, 5.74) is 0.